The molecule has 8 rings (SSSR count). The molecule has 1 aliphatic heterocycles. The van der Waals surface area contributed by atoms with Crippen LogP contribution in [0, 0.1) is 20.8 Å². The van der Waals surface area contributed by atoms with Gasteiger partial charge in [0.2, 0.25) is 0 Å². The number of nitrogens with zero attached hydrogens (tertiary/aromatic N) is 1. The van der Waals surface area contributed by atoms with Gasteiger partial charge in [0.1, 0.15) is 0 Å². The zero-order valence-corrected chi connectivity index (χ0v) is 25.0. The molecular weight excluding hydrogens is 536 g/mol. The van der Waals surface area contributed by atoms with Gasteiger partial charge in [-0.15, -0.1) is 0 Å². The summed E-state index contributed by atoms with van der Waals surface area (Å²) in [5.74, 6) is 0. The maximum Gasteiger partial charge on any atom is 0.0737 e. The fourth-order valence-electron chi connectivity index (χ4n) is 6.22. The highest BCUT2D eigenvalue weighted by Gasteiger charge is 2.16. The highest BCUT2D eigenvalue weighted by atomic mass is 14.8. The molecule has 0 aliphatic carbocycles. The summed E-state index contributed by atoms with van der Waals surface area (Å²) in [5, 5.41) is 0. The van der Waals surface area contributed by atoms with E-state index in [-0.39, 0.29) is 0 Å². The molecule has 0 radical (unpaired) electrons. The van der Waals surface area contributed by atoms with Gasteiger partial charge in [-0.1, -0.05) is 89.5 Å². The third kappa shape index (κ3) is 4.52. The van der Waals surface area contributed by atoms with Gasteiger partial charge in [0, 0.05) is 38.8 Å². The zero-order valence-electron chi connectivity index (χ0n) is 25.0. The molecule has 212 valence electrons. The van der Waals surface area contributed by atoms with Gasteiger partial charge in [-0.2, -0.15) is 0 Å². The van der Waals surface area contributed by atoms with Gasteiger partial charge in [0.05, 0.1) is 22.4 Å². The molecule has 1 aliphatic rings. The number of hydrogen-bond acceptors (Lipinski definition) is 1. The van der Waals surface area contributed by atoms with E-state index in [1.54, 1.807) is 0 Å². The molecule has 0 saturated heterocycles. The number of rotatable bonds is 3. The highest BCUT2D eigenvalue weighted by Crippen LogP contribution is 2.36. The van der Waals surface area contributed by atoms with E-state index in [0.29, 0.717) is 0 Å². The van der Waals surface area contributed by atoms with E-state index in [4.69, 9.17) is 4.98 Å². The molecule has 4 nitrogen and oxygen atoms in total. The second-order valence-electron chi connectivity index (χ2n) is 11.8. The van der Waals surface area contributed by atoms with Crippen molar-refractivity contribution >= 4 is 45.3 Å². The van der Waals surface area contributed by atoms with E-state index < -0.39 is 0 Å². The van der Waals surface area contributed by atoms with E-state index in [1.807, 2.05) is 0 Å². The molecule has 0 amide bonds. The summed E-state index contributed by atoms with van der Waals surface area (Å²) < 4.78 is 0. The van der Waals surface area contributed by atoms with Crippen molar-refractivity contribution in [2.24, 2.45) is 0 Å². The number of aryl methyl sites for hydroxylation is 3. The number of H-pyrrole nitrogens is 3. The second kappa shape index (κ2) is 10.3. The second-order valence-corrected chi connectivity index (χ2v) is 11.8. The summed E-state index contributed by atoms with van der Waals surface area (Å²) in [5.41, 5.74) is 18.4. The van der Waals surface area contributed by atoms with Crippen LogP contribution < -0.4 is 0 Å². The highest BCUT2D eigenvalue weighted by molar-refractivity contribution is 5.99. The Bertz CT molecular complexity index is 2320. The first-order chi connectivity index (χ1) is 21.5. The normalized spacial score (nSPS) is 11.9. The van der Waals surface area contributed by atoms with E-state index in [2.05, 4.69) is 157 Å². The molecule has 44 heavy (non-hydrogen) atoms. The monoisotopic (exact) mass is 568 g/mol. The lowest BCUT2D eigenvalue weighted by Gasteiger charge is -2.06. The Hall–Kier alpha value is -5.61. The van der Waals surface area contributed by atoms with Crippen LogP contribution in [0.15, 0.2) is 109 Å². The molecule has 3 aromatic carbocycles. The van der Waals surface area contributed by atoms with Crippen molar-refractivity contribution in [3.8, 4) is 33.4 Å². The molecule has 0 unspecified atom stereocenters. The Morgan fingerprint density at radius 2 is 0.636 bits per heavy atom. The lowest BCUT2D eigenvalue weighted by molar-refractivity contribution is 1.32. The van der Waals surface area contributed by atoms with Gasteiger partial charge in [-0.3, -0.25) is 0 Å². The molecule has 5 heterocycles. The molecule has 0 atom stereocenters. The smallest absolute Gasteiger partial charge is 0.0737 e. The Morgan fingerprint density at radius 1 is 0.341 bits per heavy atom. The van der Waals surface area contributed by atoms with Crippen LogP contribution in [0.2, 0.25) is 0 Å². The van der Waals surface area contributed by atoms with E-state index >= 15 is 0 Å². The molecule has 0 saturated carbocycles. The standard InChI is InChI=1S/C40H32N4/c1-24-4-10-27(11-5-24)38-32-18-16-30(41-32)31-17-19-33(42-31)39(28-12-6-25(2)7-13-28)35-21-23-37(44-35)40(36-22-20-34(38)43-36)29-14-8-26(3)9-15-29/h4-23,41-43H,1-3H3. The summed E-state index contributed by atoms with van der Waals surface area (Å²) in [4.78, 5) is 16.6. The van der Waals surface area contributed by atoms with Crippen molar-refractivity contribution in [3.63, 3.8) is 0 Å². The molecule has 4 heteroatoms. The van der Waals surface area contributed by atoms with Crippen LogP contribution in [0.5, 0.6) is 0 Å². The Morgan fingerprint density at radius 3 is 1.02 bits per heavy atom. The molecule has 0 fully saturated rings. The third-order valence-corrected chi connectivity index (χ3v) is 8.60. The van der Waals surface area contributed by atoms with Crippen LogP contribution in [0.25, 0.3) is 78.6 Å². The molecule has 7 aromatic rings. The largest absolute Gasteiger partial charge is 0.354 e. The third-order valence-electron chi connectivity index (χ3n) is 8.60. The van der Waals surface area contributed by atoms with Crippen molar-refractivity contribution in [3.05, 3.63) is 137 Å². The molecule has 4 aromatic heterocycles. The lowest BCUT2D eigenvalue weighted by Crippen LogP contribution is -1.88. The Kier molecular flexibility index (Phi) is 6.09. The number of hydrogen-bond donors (Lipinski definition) is 3. The van der Waals surface area contributed by atoms with Gasteiger partial charge >= 0.3 is 0 Å². The molecular formula is C40H32N4. The van der Waals surface area contributed by atoms with Crippen LogP contribution in [0.4, 0.5) is 0 Å². The van der Waals surface area contributed by atoms with E-state index in [9.17, 15) is 0 Å². The minimum atomic E-state index is 0.932. The van der Waals surface area contributed by atoms with Gasteiger partial charge < -0.3 is 15.0 Å². The van der Waals surface area contributed by atoms with E-state index in [0.717, 1.165) is 77.9 Å². The predicted octanol–water partition coefficient (Wildman–Crippen LogP) is 10.6. The maximum atomic E-state index is 5.32. The van der Waals surface area contributed by atoms with Crippen molar-refractivity contribution in [2.45, 2.75) is 20.8 Å². The van der Waals surface area contributed by atoms with Gasteiger partial charge in [-0.25, -0.2) is 4.98 Å². The number of nitrogens with one attached hydrogen (secondary N) is 3. The van der Waals surface area contributed by atoms with Crippen LogP contribution >= 0.6 is 0 Å². The fraction of sp³-hybridized carbons (Fsp3) is 0.0750. The fourth-order valence-corrected chi connectivity index (χ4v) is 6.22. The van der Waals surface area contributed by atoms with Gasteiger partial charge in [0.25, 0.3) is 0 Å². The van der Waals surface area contributed by atoms with Crippen LogP contribution in [0.1, 0.15) is 28.1 Å². The first-order valence-corrected chi connectivity index (χ1v) is 15.1. The Labute approximate surface area is 256 Å². The Balaban J connectivity index is 1.55. The SMILES string of the molecule is Cc1ccc(-c2c3nc(c(-c4ccc(C)cc4)c4ccc([nH]4)c4ccc([nH]4)c(-c4ccc(C)cc4)c4ccc2[nH]4)C=C3)cc1. The van der Waals surface area contributed by atoms with Crippen molar-refractivity contribution in [2.75, 3.05) is 0 Å². The number of aromatic nitrogens is 4. The summed E-state index contributed by atoms with van der Waals surface area (Å²) in [6.07, 6.45) is 4.29. The first kappa shape index (κ1) is 26.1. The molecule has 0 spiro atoms. The number of aromatic amines is 3. The molecule has 3 N–H and O–H groups in total. The van der Waals surface area contributed by atoms with Gasteiger partial charge in [0.15, 0.2) is 0 Å². The van der Waals surface area contributed by atoms with Crippen LogP contribution in [-0.2, 0) is 0 Å². The number of benzene rings is 3. The van der Waals surface area contributed by atoms with Crippen molar-refractivity contribution < 1.29 is 0 Å². The van der Waals surface area contributed by atoms with E-state index in [1.165, 1.54) is 16.7 Å². The minimum Gasteiger partial charge on any atom is -0.354 e. The maximum absolute atomic E-state index is 5.32. The summed E-state index contributed by atoms with van der Waals surface area (Å²) in [6.45, 7) is 6.37. The topological polar surface area (TPSA) is 60.3 Å². The predicted molar refractivity (Wildman–Crippen MR) is 186 cm³/mol. The average Bonchev–Trinajstić information content (AvgIpc) is 3.85. The minimum absolute atomic E-state index is 0.932. The van der Waals surface area contributed by atoms with Crippen LogP contribution in [0.3, 0.4) is 0 Å². The summed E-state index contributed by atoms with van der Waals surface area (Å²) in [6, 6.07) is 39.2. The lowest BCUT2D eigenvalue weighted by atomic mass is 10.0. The first-order valence-electron chi connectivity index (χ1n) is 15.1. The zero-order chi connectivity index (χ0) is 29.8. The van der Waals surface area contributed by atoms with Crippen molar-refractivity contribution in [1.82, 2.24) is 19.9 Å². The van der Waals surface area contributed by atoms with Crippen LogP contribution in [-0.4, -0.2) is 19.9 Å². The van der Waals surface area contributed by atoms with Gasteiger partial charge in [-0.05, 0) is 86.0 Å². The molecule has 8 bridgehead atoms. The number of fused-ring (bicyclic) bond motifs is 9. The summed E-state index contributed by atoms with van der Waals surface area (Å²) >= 11 is 0. The van der Waals surface area contributed by atoms with Crippen molar-refractivity contribution in [1.29, 1.82) is 0 Å². The quantitative estimate of drug-likeness (QED) is 0.195. The average molecular weight is 569 g/mol. The summed E-state index contributed by atoms with van der Waals surface area (Å²) in [7, 11) is 0.